The second-order valence-electron chi connectivity index (χ2n) is 6.06. The van der Waals surface area contributed by atoms with Gasteiger partial charge in [0.15, 0.2) is 5.17 Å². The highest BCUT2D eigenvalue weighted by atomic mass is 32.2. The quantitative estimate of drug-likeness (QED) is 0.820. The first-order valence-corrected chi connectivity index (χ1v) is 7.53. The number of hydrogen-bond donors (Lipinski definition) is 1. The van der Waals surface area contributed by atoms with Crippen LogP contribution in [0.2, 0.25) is 0 Å². The summed E-state index contributed by atoms with van der Waals surface area (Å²) in [4.78, 5) is 16.7. The van der Waals surface area contributed by atoms with Gasteiger partial charge in [-0.25, -0.2) is 0 Å². The molecule has 94 valence electrons. The summed E-state index contributed by atoms with van der Waals surface area (Å²) in [5, 5.41) is 3.91. The molecule has 0 spiro atoms. The average Bonchev–Trinajstić information content (AvgIpc) is 2.92. The van der Waals surface area contributed by atoms with Gasteiger partial charge in [0.05, 0.1) is 10.8 Å². The van der Waals surface area contributed by atoms with Crippen LogP contribution in [0.15, 0.2) is 4.99 Å². The minimum Gasteiger partial charge on any atom is -0.304 e. The molecule has 1 amide bonds. The zero-order valence-electron chi connectivity index (χ0n) is 10.5. The largest absolute Gasteiger partial charge is 0.304 e. The summed E-state index contributed by atoms with van der Waals surface area (Å²) < 4.78 is 0. The summed E-state index contributed by atoms with van der Waals surface area (Å²) in [5.41, 5.74) is 0.187. The van der Waals surface area contributed by atoms with E-state index in [0.29, 0.717) is 5.92 Å². The van der Waals surface area contributed by atoms with E-state index in [-0.39, 0.29) is 16.7 Å². The Bertz CT molecular complexity index is 370. The predicted octanol–water partition coefficient (Wildman–Crippen LogP) is 2.56. The maximum absolute atomic E-state index is 11.8. The first-order valence-electron chi connectivity index (χ1n) is 6.65. The van der Waals surface area contributed by atoms with Crippen molar-refractivity contribution in [1.82, 2.24) is 5.32 Å². The molecule has 0 aromatic rings. The zero-order valence-corrected chi connectivity index (χ0v) is 11.3. The average molecular weight is 252 g/mol. The third kappa shape index (κ3) is 2.01. The number of amidine groups is 1. The molecule has 1 heterocycles. The number of aliphatic imine (C=N–C) groups is 1. The van der Waals surface area contributed by atoms with Crippen LogP contribution < -0.4 is 5.32 Å². The van der Waals surface area contributed by atoms with Crippen molar-refractivity contribution in [3.63, 3.8) is 0 Å². The Kier molecular flexibility index (Phi) is 2.73. The van der Waals surface area contributed by atoms with E-state index in [1.807, 2.05) is 0 Å². The van der Waals surface area contributed by atoms with Crippen LogP contribution in [0.4, 0.5) is 0 Å². The molecule has 1 atom stereocenters. The molecule has 1 N–H and O–H groups in total. The molecule has 4 heteroatoms. The summed E-state index contributed by atoms with van der Waals surface area (Å²) in [6.07, 6.45) is 6.37. The van der Waals surface area contributed by atoms with E-state index in [9.17, 15) is 4.79 Å². The lowest BCUT2D eigenvalue weighted by molar-refractivity contribution is -0.119. The van der Waals surface area contributed by atoms with Crippen LogP contribution in [0.25, 0.3) is 0 Å². The van der Waals surface area contributed by atoms with Crippen LogP contribution in [0.3, 0.4) is 0 Å². The van der Waals surface area contributed by atoms with Crippen LogP contribution in [0.1, 0.15) is 46.0 Å². The molecule has 0 aromatic carbocycles. The Morgan fingerprint density at radius 1 is 1.41 bits per heavy atom. The third-order valence-electron chi connectivity index (χ3n) is 4.38. The second-order valence-corrected chi connectivity index (χ2v) is 7.19. The van der Waals surface area contributed by atoms with Crippen LogP contribution in [-0.2, 0) is 4.79 Å². The smallest absolute Gasteiger partial charge is 0.239 e. The Morgan fingerprint density at radius 3 is 2.59 bits per heavy atom. The third-order valence-corrected chi connectivity index (χ3v) is 5.80. The van der Waals surface area contributed by atoms with Gasteiger partial charge in [0, 0.05) is 0 Å². The van der Waals surface area contributed by atoms with Gasteiger partial charge < -0.3 is 5.32 Å². The van der Waals surface area contributed by atoms with Crippen molar-refractivity contribution in [3.8, 4) is 0 Å². The molecule has 3 fully saturated rings. The molecule has 1 unspecified atom stereocenters. The van der Waals surface area contributed by atoms with Crippen molar-refractivity contribution in [1.29, 1.82) is 0 Å². The predicted molar refractivity (Wildman–Crippen MR) is 71.1 cm³/mol. The molecule has 0 aromatic heterocycles. The van der Waals surface area contributed by atoms with Crippen LogP contribution in [0.5, 0.6) is 0 Å². The molecule has 0 radical (unpaired) electrons. The number of nitrogens with one attached hydrogen (secondary N) is 1. The Hall–Kier alpha value is -0.510. The normalized spacial score (nSPS) is 42.8. The number of carbonyl (C=O) groups excluding carboxylic acids is 1. The first-order chi connectivity index (χ1) is 8.08. The number of fused-ring (bicyclic) bond motifs is 2. The summed E-state index contributed by atoms with van der Waals surface area (Å²) in [6, 6.07) is 0. The topological polar surface area (TPSA) is 41.5 Å². The number of carbonyl (C=O) groups is 1. The lowest BCUT2D eigenvalue weighted by Crippen LogP contribution is -2.29. The number of amides is 1. The summed E-state index contributed by atoms with van der Waals surface area (Å²) in [7, 11) is 0. The fourth-order valence-corrected chi connectivity index (χ4v) is 4.49. The second kappa shape index (κ2) is 4.01. The summed E-state index contributed by atoms with van der Waals surface area (Å²) in [6.45, 7) is 4.19. The van der Waals surface area contributed by atoms with Crippen molar-refractivity contribution < 1.29 is 4.79 Å². The molecule has 3 rings (SSSR count). The van der Waals surface area contributed by atoms with Crippen molar-refractivity contribution in [3.05, 3.63) is 0 Å². The summed E-state index contributed by atoms with van der Waals surface area (Å²) >= 11 is 1.64. The number of thioether (sulfide) groups is 1. The number of hydrogen-bond acceptors (Lipinski definition) is 3. The molecule has 1 saturated heterocycles. The molecular formula is C13H20N2OS. The Balaban J connectivity index is 1.76. The van der Waals surface area contributed by atoms with Gasteiger partial charge >= 0.3 is 0 Å². The van der Waals surface area contributed by atoms with Crippen molar-refractivity contribution in [2.24, 2.45) is 16.8 Å². The molecule has 2 aliphatic carbocycles. The highest BCUT2D eigenvalue weighted by Gasteiger charge is 2.46. The van der Waals surface area contributed by atoms with Gasteiger partial charge in [-0.1, -0.05) is 25.6 Å². The van der Waals surface area contributed by atoms with Gasteiger partial charge in [0.1, 0.15) is 0 Å². The molecule has 2 saturated carbocycles. The maximum atomic E-state index is 11.8. The maximum Gasteiger partial charge on any atom is 0.239 e. The van der Waals surface area contributed by atoms with Crippen LogP contribution in [0, 0.1) is 11.8 Å². The van der Waals surface area contributed by atoms with E-state index in [2.05, 4.69) is 19.2 Å². The summed E-state index contributed by atoms with van der Waals surface area (Å²) in [5.74, 6) is 1.43. The Labute approximate surface area is 107 Å². The van der Waals surface area contributed by atoms with Gasteiger partial charge in [-0.2, -0.15) is 0 Å². The van der Waals surface area contributed by atoms with E-state index < -0.39 is 0 Å². The van der Waals surface area contributed by atoms with Gasteiger partial charge in [-0.15, -0.1) is 0 Å². The first kappa shape index (κ1) is 11.6. The Morgan fingerprint density at radius 2 is 2.12 bits per heavy atom. The van der Waals surface area contributed by atoms with E-state index in [0.717, 1.165) is 11.1 Å². The van der Waals surface area contributed by atoms with Gasteiger partial charge in [0.2, 0.25) is 5.91 Å². The van der Waals surface area contributed by atoms with Crippen LogP contribution in [-0.4, -0.2) is 21.9 Å². The lowest BCUT2D eigenvalue weighted by atomic mass is 9.95. The molecule has 3 aliphatic rings. The molecular weight excluding hydrogens is 232 g/mol. The fourth-order valence-electron chi connectivity index (χ4n) is 3.41. The minimum atomic E-state index is 0.0590. The van der Waals surface area contributed by atoms with Gasteiger partial charge in [-0.05, 0) is 43.9 Å². The van der Waals surface area contributed by atoms with Crippen LogP contribution >= 0.6 is 11.8 Å². The molecule has 2 bridgehead atoms. The van der Waals surface area contributed by atoms with Crippen molar-refractivity contribution >= 4 is 22.8 Å². The van der Waals surface area contributed by atoms with E-state index in [1.54, 1.807) is 11.8 Å². The molecule has 17 heavy (non-hydrogen) atoms. The van der Waals surface area contributed by atoms with Gasteiger partial charge in [0.25, 0.3) is 0 Å². The monoisotopic (exact) mass is 252 g/mol. The SMILES string of the molecule is CC(C)C1SC(=NC23CCC(CC2)C3)NC1=O. The molecule has 3 nitrogen and oxygen atoms in total. The highest BCUT2D eigenvalue weighted by Crippen LogP contribution is 2.50. The standard InChI is InChI=1S/C13H20N2OS/c1-8(2)10-11(16)14-12(17-10)15-13-5-3-9(7-13)4-6-13/h8-10H,3-7H2,1-2H3,(H,14,15,16). The van der Waals surface area contributed by atoms with E-state index in [1.165, 1.54) is 32.1 Å². The highest BCUT2D eigenvalue weighted by molar-refractivity contribution is 8.15. The zero-order chi connectivity index (χ0) is 12.0. The van der Waals surface area contributed by atoms with E-state index in [4.69, 9.17) is 4.99 Å². The van der Waals surface area contributed by atoms with Gasteiger partial charge in [-0.3, -0.25) is 9.79 Å². The molecule has 1 aliphatic heterocycles. The minimum absolute atomic E-state index is 0.0590. The lowest BCUT2D eigenvalue weighted by Gasteiger charge is -2.21. The number of nitrogens with zero attached hydrogens (tertiary/aromatic N) is 1. The van der Waals surface area contributed by atoms with E-state index >= 15 is 0 Å². The van der Waals surface area contributed by atoms with Crippen molar-refractivity contribution in [2.45, 2.75) is 56.7 Å². The number of rotatable bonds is 2. The fraction of sp³-hybridized carbons (Fsp3) is 0.846. The van der Waals surface area contributed by atoms with Crippen molar-refractivity contribution in [2.75, 3.05) is 0 Å².